The van der Waals surface area contributed by atoms with Crippen molar-refractivity contribution in [3.63, 3.8) is 0 Å². The van der Waals surface area contributed by atoms with E-state index in [1.807, 2.05) is 0 Å². The summed E-state index contributed by atoms with van der Waals surface area (Å²) >= 11 is 0. The fourth-order valence-corrected chi connectivity index (χ4v) is 0.715. The summed E-state index contributed by atoms with van der Waals surface area (Å²) < 4.78 is 4.40. The monoisotopic (exact) mass is 152 g/mol. The van der Waals surface area contributed by atoms with E-state index in [2.05, 4.69) is 15.6 Å². The first-order valence-electron chi connectivity index (χ1n) is 3.11. The Morgan fingerprint density at radius 3 is 3.09 bits per heavy atom. The summed E-state index contributed by atoms with van der Waals surface area (Å²) in [5, 5.41) is 2.38. The zero-order valence-corrected chi connectivity index (χ0v) is 5.83. The molecule has 0 aromatic carbocycles. The van der Waals surface area contributed by atoms with Gasteiger partial charge in [-0.25, -0.2) is 9.95 Å². The van der Waals surface area contributed by atoms with Crippen LogP contribution in [0.2, 0.25) is 0 Å². The van der Waals surface area contributed by atoms with E-state index in [1.165, 1.54) is 6.07 Å². The molecule has 1 aromatic rings. The predicted octanol–water partition coefficient (Wildman–Crippen LogP) is -0.00900. The molecule has 4 nitrogen and oxygen atoms in total. The largest absolute Gasteiger partial charge is 0.357 e. The number of H-pyrrole nitrogens is 1. The fraction of sp³-hybridized carbons (Fsp3) is 0.286. The van der Waals surface area contributed by atoms with Crippen LogP contribution in [0.1, 0.15) is 18.2 Å². The third-order valence-electron chi connectivity index (χ3n) is 1.28. The SMILES string of the molecule is C#CCC(N)c1cc(=O)o[nH]1. The Hall–Kier alpha value is -1.47. The Labute approximate surface area is 63.4 Å². The number of rotatable bonds is 2. The Bertz CT molecular complexity index is 318. The van der Waals surface area contributed by atoms with E-state index in [1.54, 1.807) is 0 Å². The van der Waals surface area contributed by atoms with Gasteiger partial charge in [-0.3, -0.25) is 0 Å². The van der Waals surface area contributed by atoms with Crippen molar-refractivity contribution >= 4 is 0 Å². The van der Waals surface area contributed by atoms with Gasteiger partial charge in [-0.1, -0.05) is 0 Å². The lowest BCUT2D eigenvalue weighted by Crippen LogP contribution is -2.09. The number of aromatic amines is 1. The molecule has 1 heterocycles. The van der Waals surface area contributed by atoms with Crippen molar-refractivity contribution in [3.8, 4) is 12.3 Å². The molecule has 0 aliphatic carbocycles. The van der Waals surface area contributed by atoms with E-state index in [0.29, 0.717) is 12.1 Å². The van der Waals surface area contributed by atoms with E-state index < -0.39 is 5.63 Å². The van der Waals surface area contributed by atoms with Crippen molar-refractivity contribution in [1.82, 2.24) is 5.16 Å². The summed E-state index contributed by atoms with van der Waals surface area (Å²) in [7, 11) is 0. The number of hydrogen-bond donors (Lipinski definition) is 2. The first kappa shape index (κ1) is 7.63. The standard InChI is InChI=1S/C7H8N2O2/c1-2-3-5(8)6-4-7(10)11-9-6/h1,4-5,9H,3,8H2. The quantitative estimate of drug-likeness (QED) is 0.585. The molecule has 0 saturated carbocycles. The van der Waals surface area contributed by atoms with Gasteiger partial charge in [0.05, 0.1) is 11.7 Å². The summed E-state index contributed by atoms with van der Waals surface area (Å²) in [6, 6.07) is 0.952. The molecule has 4 heteroatoms. The molecule has 0 saturated heterocycles. The van der Waals surface area contributed by atoms with Crippen molar-refractivity contribution in [2.75, 3.05) is 0 Å². The minimum absolute atomic E-state index is 0.341. The average molecular weight is 152 g/mol. The smallest absolute Gasteiger partial charge is 0.339 e. The van der Waals surface area contributed by atoms with Gasteiger partial charge in [0.1, 0.15) is 0 Å². The second-order valence-electron chi connectivity index (χ2n) is 2.14. The molecular weight excluding hydrogens is 144 g/mol. The normalized spacial score (nSPS) is 12.4. The summed E-state index contributed by atoms with van der Waals surface area (Å²) in [5.74, 6) is 2.39. The molecule has 0 spiro atoms. The minimum Gasteiger partial charge on any atom is -0.339 e. The molecule has 0 fully saturated rings. The van der Waals surface area contributed by atoms with Crippen molar-refractivity contribution < 1.29 is 4.52 Å². The van der Waals surface area contributed by atoms with Crippen molar-refractivity contribution in [1.29, 1.82) is 0 Å². The average Bonchev–Trinajstić information content (AvgIpc) is 2.36. The van der Waals surface area contributed by atoms with Crippen LogP contribution in [0.25, 0.3) is 0 Å². The maximum Gasteiger partial charge on any atom is 0.357 e. The molecule has 3 N–H and O–H groups in total. The Balaban J connectivity index is 2.78. The third-order valence-corrected chi connectivity index (χ3v) is 1.28. The summed E-state index contributed by atoms with van der Waals surface area (Å²) in [5.41, 5.74) is 5.64. The highest BCUT2D eigenvalue weighted by Crippen LogP contribution is 2.06. The van der Waals surface area contributed by atoms with Crippen LogP contribution < -0.4 is 11.4 Å². The van der Waals surface area contributed by atoms with E-state index >= 15 is 0 Å². The molecule has 1 rings (SSSR count). The van der Waals surface area contributed by atoms with Gasteiger partial charge < -0.3 is 10.3 Å². The van der Waals surface area contributed by atoms with Gasteiger partial charge in [-0.05, 0) is 0 Å². The van der Waals surface area contributed by atoms with Gasteiger partial charge in [0, 0.05) is 12.5 Å². The molecule has 0 aliphatic rings. The molecule has 1 unspecified atom stereocenters. The van der Waals surface area contributed by atoms with E-state index in [4.69, 9.17) is 12.2 Å². The van der Waals surface area contributed by atoms with E-state index in [0.717, 1.165) is 0 Å². The van der Waals surface area contributed by atoms with Gasteiger partial charge >= 0.3 is 5.63 Å². The van der Waals surface area contributed by atoms with Gasteiger partial charge in [0.15, 0.2) is 0 Å². The van der Waals surface area contributed by atoms with Crippen LogP contribution in [-0.2, 0) is 0 Å². The van der Waals surface area contributed by atoms with Crippen LogP contribution >= 0.6 is 0 Å². The van der Waals surface area contributed by atoms with Gasteiger partial charge in [0.25, 0.3) is 0 Å². The van der Waals surface area contributed by atoms with Crippen molar-refractivity contribution in [2.24, 2.45) is 5.73 Å². The lowest BCUT2D eigenvalue weighted by molar-refractivity contribution is 0.380. The van der Waals surface area contributed by atoms with Gasteiger partial charge in [0.2, 0.25) is 0 Å². The van der Waals surface area contributed by atoms with E-state index in [-0.39, 0.29) is 6.04 Å². The zero-order valence-electron chi connectivity index (χ0n) is 5.83. The second-order valence-corrected chi connectivity index (χ2v) is 2.14. The maximum absolute atomic E-state index is 10.5. The fourth-order valence-electron chi connectivity index (χ4n) is 0.715. The van der Waals surface area contributed by atoms with Gasteiger partial charge in [-0.2, -0.15) is 0 Å². The molecule has 0 radical (unpaired) electrons. The first-order valence-corrected chi connectivity index (χ1v) is 3.11. The van der Waals surface area contributed by atoms with Gasteiger partial charge in [-0.15, -0.1) is 12.3 Å². The van der Waals surface area contributed by atoms with Crippen molar-refractivity contribution in [3.05, 3.63) is 22.2 Å². The highest BCUT2D eigenvalue weighted by atomic mass is 16.5. The number of aromatic nitrogens is 1. The third kappa shape index (κ3) is 1.72. The molecule has 1 atom stereocenters. The maximum atomic E-state index is 10.5. The first-order chi connectivity index (χ1) is 5.24. The molecule has 11 heavy (non-hydrogen) atoms. The van der Waals surface area contributed by atoms with Crippen molar-refractivity contribution in [2.45, 2.75) is 12.5 Å². The molecule has 58 valence electrons. The van der Waals surface area contributed by atoms with E-state index in [9.17, 15) is 4.79 Å². The van der Waals surface area contributed by atoms with Crippen LogP contribution in [0.15, 0.2) is 15.4 Å². The Kier molecular flexibility index (Phi) is 2.14. The van der Waals surface area contributed by atoms with Crippen LogP contribution in [-0.4, -0.2) is 5.16 Å². The minimum atomic E-state index is -0.438. The molecule has 0 aliphatic heterocycles. The molecular formula is C7H8N2O2. The second kappa shape index (κ2) is 3.08. The predicted molar refractivity (Wildman–Crippen MR) is 39.7 cm³/mol. The van der Waals surface area contributed by atoms with Crippen LogP contribution in [0.4, 0.5) is 0 Å². The highest BCUT2D eigenvalue weighted by Gasteiger charge is 2.06. The topological polar surface area (TPSA) is 72.0 Å². The number of nitrogens with two attached hydrogens (primary N) is 1. The lowest BCUT2D eigenvalue weighted by atomic mass is 10.2. The molecule has 0 amide bonds. The number of hydrogen-bond acceptors (Lipinski definition) is 3. The zero-order chi connectivity index (χ0) is 8.27. The summed E-state index contributed by atoms with van der Waals surface area (Å²) in [6.07, 6.45) is 5.41. The Morgan fingerprint density at radius 1 is 1.91 bits per heavy atom. The summed E-state index contributed by atoms with van der Waals surface area (Å²) in [6.45, 7) is 0. The van der Waals surface area contributed by atoms with Crippen LogP contribution in [0, 0.1) is 12.3 Å². The highest BCUT2D eigenvalue weighted by molar-refractivity contribution is 5.05. The number of terminal acetylenes is 1. The Morgan fingerprint density at radius 2 is 2.64 bits per heavy atom. The number of nitrogens with one attached hydrogen (secondary N) is 1. The molecule has 1 aromatic heterocycles. The summed E-state index contributed by atoms with van der Waals surface area (Å²) in [4.78, 5) is 10.5. The lowest BCUT2D eigenvalue weighted by Gasteiger charge is -2.01. The van der Waals surface area contributed by atoms with Crippen LogP contribution in [0.5, 0.6) is 0 Å². The van der Waals surface area contributed by atoms with Crippen LogP contribution in [0.3, 0.4) is 0 Å². The molecule has 0 bridgehead atoms.